The number of nitrogens with one attached hydrogen (secondary N) is 1. The molecule has 1 aliphatic heterocycles. The molecule has 1 amide bonds. The number of unbranched alkanes of at least 4 members (excludes halogenated alkanes) is 15. The van der Waals surface area contributed by atoms with E-state index in [1.807, 2.05) is 0 Å². The third-order valence-corrected chi connectivity index (χ3v) is 5.81. The summed E-state index contributed by atoms with van der Waals surface area (Å²) >= 11 is 0. The molecule has 0 spiro atoms. The van der Waals surface area contributed by atoms with Crippen molar-refractivity contribution >= 4 is 6.09 Å². The summed E-state index contributed by atoms with van der Waals surface area (Å²) in [5.74, 6) is 0. The monoisotopic (exact) mass is 413 g/mol. The van der Waals surface area contributed by atoms with Gasteiger partial charge in [-0.15, -0.1) is 0 Å². The van der Waals surface area contributed by atoms with Gasteiger partial charge in [0.05, 0.1) is 18.8 Å². The molecule has 2 atom stereocenters. The predicted molar refractivity (Wildman–Crippen MR) is 119 cm³/mol. The van der Waals surface area contributed by atoms with Crippen molar-refractivity contribution in [3.8, 4) is 0 Å². The number of carbonyl (C=O) groups is 1. The lowest BCUT2D eigenvalue weighted by atomic mass is 10.0. The Morgan fingerprint density at radius 3 is 1.72 bits per heavy atom. The maximum atomic E-state index is 11.6. The van der Waals surface area contributed by atoms with Gasteiger partial charge in [0.15, 0.2) is 0 Å². The summed E-state index contributed by atoms with van der Waals surface area (Å²) in [6.07, 6.45) is 21.9. The van der Waals surface area contributed by atoms with Crippen LogP contribution < -0.4 is 5.32 Å². The van der Waals surface area contributed by atoms with Crippen molar-refractivity contribution < 1.29 is 19.4 Å². The molecule has 0 aromatic rings. The van der Waals surface area contributed by atoms with Crippen LogP contribution in [0.3, 0.4) is 0 Å². The number of rotatable bonds is 20. The van der Waals surface area contributed by atoms with Gasteiger partial charge in [0, 0.05) is 13.0 Å². The van der Waals surface area contributed by atoms with Crippen molar-refractivity contribution in [2.45, 2.75) is 128 Å². The first-order chi connectivity index (χ1) is 14.3. The van der Waals surface area contributed by atoms with Crippen LogP contribution >= 0.6 is 0 Å². The molecule has 0 aromatic carbocycles. The van der Waals surface area contributed by atoms with E-state index in [2.05, 4.69) is 12.2 Å². The van der Waals surface area contributed by atoms with Crippen LogP contribution in [0.2, 0.25) is 0 Å². The van der Waals surface area contributed by atoms with Crippen LogP contribution in [0.1, 0.15) is 116 Å². The van der Waals surface area contributed by atoms with Gasteiger partial charge < -0.3 is 19.9 Å². The summed E-state index contributed by atoms with van der Waals surface area (Å²) in [6, 6.07) is 0. The van der Waals surface area contributed by atoms with Gasteiger partial charge in [0.1, 0.15) is 6.61 Å². The molecular formula is C24H47NO4. The molecule has 1 heterocycles. The number of carbonyl (C=O) groups excluding carboxylic acids is 1. The van der Waals surface area contributed by atoms with Crippen LogP contribution in [0, 0.1) is 0 Å². The molecule has 172 valence electrons. The van der Waals surface area contributed by atoms with Crippen LogP contribution in [-0.4, -0.2) is 43.2 Å². The molecule has 1 aliphatic rings. The molecule has 1 rings (SSSR count). The van der Waals surface area contributed by atoms with E-state index < -0.39 is 0 Å². The average Bonchev–Trinajstić information content (AvgIpc) is 2.69. The first kappa shape index (κ1) is 26.2. The van der Waals surface area contributed by atoms with Gasteiger partial charge in [-0.05, 0) is 6.42 Å². The van der Waals surface area contributed by atoms with Crippen molar-refractivity contribution in [2.24, 2.45) is 0 Å². The first-order valence-corrected chi connectivity index (χ1v) is 12.4. The molecule has 0 bridgehead atoms. The summed E-state index contributed by atoms with van der Waals surface area (Å²) in [6.45, 7) is 3.28. The number of hydrogen-bond acceptors (Lipinski definition) is 4. The number of amides is 1. The lowest BCUT2D eigenvalue weighted by Crippen LogP contribution is -2.43. The van der Waals surface area contributed by atoms with Crippen molar-refractivity contribution in [1.82, 2.24) is 5.32 Å². The fourth-order valence-electron chi connectivity index (χ4n) is 3.86. The van der Waals surface area contributed by atoms with E-state index in [9.17, 15) is 4.79 Å². The molecule has 0 radical (unpaired) electrons. The van der Waals surface area contributed by atoms with Gasteiger partial charge >= 0.3 is 6.09 Å². The maximum Gasteiger partial charge on any atom is 0.407 e. The Morgan fingerprint density at radius 2 is 1.28 bits per heavy atom. The Hall–Kier alpha value is -0.810. The van der Waals surface area contributed by atoms with Crippen LogP contribution in [0.25, 0.3) is 0 Å². The van der Waals surface area contributed by atoms with E-state index >= 15 is 0 Å². The Bertz CT molecular complexity index is 372. The number of ether oxygens (including phenoxy) is 2. The molecule has 1 saturated heterocycles. The van der Waals surface area contributed by atoms with Crippen molar-refractivity contribution in [2.75, 3.05) is 19.8 Å². The van der Waals surface area contributed by atoms with Crippen molar-refractivity contribution in [3.63, 3.8) is 0 Å². The van der Waals surface area contributed by atoms with Gasteiger partial charge in [0.2, 0.25) is 0 Å². The highest BCUT2D eigenvalue weighted by Gasteiger charge is 2.30. The number of aliphatic hydroxyl groups excluding tert-OH is 1. The Kier molecular flexibility index (Phi) is 17.3. The van der Waals surface area contributed by atoms with Crippen LogP contribution in [0.15, 0.2) is 0 Å². The van der Waals surface area contributed by atoms with E-state index in [1.54, 1.807) is 0 Å². The standard InChI is InChI=1S/C24H47NO4/c1-2-3-4-5-6-7-8-9-10-11-12-13-14-15-16-17-18-25-24(27)28-21-23-19-22(20-26)29-23/h22-23,26H,2-21H2,1H3,(H,25,27). The molecule has 29 heavy (non-hydrogen) atoms. The summed E-state index contributed by atoms with van der Waals surface area (Å²) < 4.78 is 10.4. The normalized spacial score (nSPS) is 18.4. The van der Waals surface area contributed by atoms with Crippen molar-refractivity contribution in [3.05, 3.63) is 0 Å². The molecule has 0 saturated carbocycles. The maximum absolute atomic E-state index is 11.6. The predicted octanol–water partition coefficient (Wildman–Crippen LogP) is 6.12. The summed E-state index contributed by atoms with van der Waals surface area (Å²) in [7, 11) is 0. The highest BCUT2D eigenvalue weighted by Crippen LogP contribution is 2.20. The third kappa shape index (κ3) is 15.7. The number of aliphatic hydroxyl groups is 1. The highest BCUT2D eigenvalue weighted by molar-refractivity contribution is 5.67. The van der Waals surface area contributed by atoms with Gasteiger partial charge in [-0.3, -0.25) is 0 Å². The van der Waals surface area contributed by atoms with Crippen molar-refractivity contribution in [1.29, 1.82) is 0 Å². The Labute approximate surface area is 179 Å². The fourth-order valence-corrected chi connectivity index (χ4v) is 3.86. The lowest BCUT2D eigenvalue weighted by molar-refractivity contribution is -0.157. The summed E-state index contributed by atoms with van der Waals surface area (Å²) in [4.78, 5) is 11.6. The molecular weight excluding hydrogens is 366 g/mol. The number of hydrogen-bond donors (Lipinski definition) is 2. The molecule has 2 unspecified atom stereocenters. The lowest BCUT2D eigenvalue weighted by Gasteiger charge is -2.34. The zero-order valence-corrected chi connectivity index (χ0v) is 19.0. The second-order valence-electron chi connectivity index (χ2n) is 8.63. The quantitative estimate of drug-likeness (QED) is 0.236. The van der Waals surface area contributed by atoms with Gasteiger partial charge in [0.25, 0.3) is 0 Å². The molecule has 5 heteroatoms. The van der Waals surface area contributed by atoms with E-state index in [0.29, 0.717) is 6.54 Å². The highest BCUT2D eigenvalue weighted by atomic mass is 16.6. The van der Waals surface area contributed by atoms with Crippen LogP contribution in [-0.2, 0) is 9.47 Å². The topological polar surface area (TPSA) is 67.8 Å². The molecule has 0 aliphatic carbocycles. The molecule has 0 aromatic heterocycles. The first-order valence-electron chi connectivity index (χ1n) is 12.4. The molecule has 1 fully saturated rings. The van der Waals surface area contributed by atoms with E-state index in [0.717, 1.165) is 12.8 Å². The third-order valence-electron chi connectivity index (χ3n) is 5.81. The van der Waals surface area contributed by atoms with Crippen LogP contribution in [0.5, 0.6) is 0 Å². The zero-order chi connectivity index (χ0) is 21.0. The smallest absolute Gasteiger partial charge is 0.407 e. The minimum absolute atomic E-state index is 0.0436. The van der Waals surface area contributed by atoms with Gasteiger partial charge in [-0.2, -0.15) is 0 Å². The SMILES string of the molecule is CCCCCCCCCCCCCCCCCCNC(=O)OCC1CC(CO)O1. The van der Waals surface area contributed by atoms with Gasteiger partial charge in [-0.25, -0.2) is 4.79 Å². The minimum Gasteiger partial charge on any atom is -0.447 e. The van der Waals surface area contributed by atoms with E-state index in [4.69, 9.17) is 14.6 Å². The second-order valence-corrected chi connectivity index (χ2v) is 8.63. The Balaban J connectivity index is 1.69. The van der Waals surface area contributed by atoms with E-state index in [1.165, 1.54) is 96.3 Å². The van der Waals surface area contributed by atoms with Gasteiger partial charge in [-0.1, -0.05) is 103 Å². The van der Waals surface area contributed by atoms with E-state index in [-0.39, 0.29) is 31.5 Å². The average molecular weight is 414 g/mol. The largest absolute Gasteiger partial charge is 0.447 e. The zero-order valence-electron chi connectivity index (χ0n) is 19.0. The Morgan fingerprint density at radius 1 is 0.828 bits per heavy atom. The number of alkyl carbamates (subject to hydrolysis) is 1. The fraction of sp³-hybridized carbons (Fsp3) is 0.958. The summed E-state index contributed by atoms with van der Waals surface area (Å²) in [5, 5.41) is 11.6. The molecule has 2 N–H and O–H groups in total. The second kappa shape index (κ2) is 19.2. The van der Waals surface area contributed by atoms with Crippen LogP contribution in [0.4, 0.5) is 4.79 Å². The molecule has 5 nitrogen and oxygen atoms in total. The summed E-state index contributed by atoms with van der Waals surface area (Å²) in [5.41, 5.74) is 0. The minimum atomic E-state index is -0.359.